The Kier molecular flexibility index (Phi) is 8.14. The van der Waals surface area contributed by atoms with Crippen LogP contribution in [0.3, 0.4) is 0 Å². The molecule has 0 unspecified atom stereocenters. The summed E-state index contributed by atoms with van der Waals surface area (Å²) in [7, 11) is 0. The number of hydrogen-bond acceptors (Lipinski definition) is 4. The lowest BCUT2D eigenvalue weighted by molar-refractivity contribution is 0.0686. The quantitative estimate of drug-likeness (QED) is 0.312. The van der Waals surface area contributed by atoms with E-state index in [0.29, 0.717) is 17.3 Å². The summed E-state index contributed by atoms with van der Waals surface area (Å²) >= 11 is 5.96. The average molecular weight is 520 g/mol. The molecule has 0 bridgehead atoms. The van der Waals surface area contributed by atoms with Crippen molar-refractivity contribution in [3.05, 3.63) is 87.9 Å². The van der Waals surface area contributed by atoms with Crippen LogP contribution < -0.4 is 10.1 Å². The molecule has 2 aliphatic carbocycles. The number of ether oxygens (including phenoxy) is 1. The van der Waals surface area contributed by atoms with Gasteiger partial charge in [-0.15, -0.1) is 0 Å². The lowest BCUT2D eigenvalue weighted by atomic mass is 9.86. The zero-order valence-corrected chi connectivity index (χ0v) is 21.7. The van der Waals surface area contributed by atoms with Crippen LogP contribution in [0.4, 0.5) is 0 Å². The minimum atomic E-state index is -0.961. The van der Waals surface area contributed by atoms with Crippen LogP contribution in [0.1, 0.15) is 71.7 Å². The highest BCUT2D eigenvalue weighted by atomic mass is 35.5. The SMILES string of the molecule is O=C(O)c1ccc(-c2ccc3c(c2)C[C@@H](NC[C@H](O)c2ccc(Cl)cc2)CC3)cc1OC1CCCCC1. The van der Waals surface area contributed by atoms with Crippen LogP contribution >= 0.6 is 11.6 Å². The number of fused-ring (bicyclic) bond motifs is 1. The van der Waals surface area contributed by atoms with Crippen LogP contribution in [0.2, 0.25) is 5.02 Å². The number of hydrogen-bond donors (Lipinski definition) is 3. The van der Waals surface area contributed by atoms with Gasteiger partial charge in [0.15, 0.2) is 0 Å². The van der Waals surface area contributed by atoms with Gasteiger partial charge < -0.3 is 20.3 Å². The summed E-state index contributed by atoms with van der Waals surface area (Å²) < 4.78 is 6.22. The fourth-order valence-corrected chi connectivity index (χ4v) is 5.66. The third-order valence-electron chi connectivity index (χ3n) is 7.68. The largest absolute Gasteiger partial charge is 0.490 e. The van der Waals surface area contributed by atoms with Crippen LogP contribution in [0.25, 0.3) is 11.1 Å². The number of rotatable bonds is 8. The number of aryl methyl sites for hydroxylation is 1. The van der Waals surface area contributed by atoms with Gasteiger partial charge in [-0.3, -0.25) is 0 Å². The Morgan fingerprint density at radius 3 is 2.43 bits per heavy atom. The average Bonchev–Trinajstić information content (AvgIpc) is 2.92. The van der Waals surface area contributed by atoms with E-state index >= 15 is 0 Å². The topological polar surface area (TPSA) is 78.8 Å². The van der Waals surface area contributed by atoms with Crippen molar-refractivity contribution < 1.29 is 19.7 Å². The second-order valence-corrected chi connectivity index (χ2v) is 10.7. The van der Waals surface area contributed by atoms with Gasteiger partial charge in [0.05, 0.1) is 12.2 Å². The zero-order valence-electron chi connectivity index (χ0n) is 21.0. The van der Waals surface area contributed by atoms with Crippen molar-refractivity contribution in [2.75, 3.05) is 6.54 Å². The molecule has 2 aliphatic rings. The molecule has 0 amide bonds. The minimum Gasteiger partial charge on any atom is -0.490 e. The molecule has 1 fully saturated rings. The van der Waals surface area contributed by atoms with Crippen molar-refractivity contribution in [1.29, 1.82) is 0 Å². The second-order valence-electron chi connectivity index (χ2n) is 10.3. The maximum atomic E-state index is 11.8. The standard InChI is InChI=1S/C31H34ClNO4/c32-25-12-8-21(9-13-25)29(34)19-33-26-14-10-20-6-7-22(16-24(20)17-26)23-11-15-28(31(35)36)30(18-23)37-27-4-2-1-3-5-27/h6-9,11-13,15-16,18,26-27,29,33-34H,1-5,10,14,17,19H2,(H,35,36)/t26-,29-/m0/s1. The molecule has 0 heterocycles. The molecule has 5 nitrogen and oxygen atoms in total. The molecule has 194 valence electrons. The molecular formula is C31H34ClNO4. The van der Waals surface area contributed by atoms with Gasteiger partial charge >= 0.3 is 5.97 Å². The summed E-state index contributed by atoms with van der Waals surface area (Å²) in [6, 6.07) is 19.6. The Hall–Kier alpha value is -2.86. The number of aromatic carboxylic acids is 1. The molecule has 37 heavy (non-hydrogen) atoms. The van der Waals surface area contributed by atoms with Crippen molar-refractivity contribution >= 4 is 17.6 Å². The Balaban J connectivity index is 1.29. The maximum absolute atomic E-state index is 11.8. The van der Waals surface area contributed by atoms with Crippen LogP contribution in [0, 0.1) is 0 Å². The summed E-state index contributed by atoms with van der Waals surface area (Å²) in [5.74, 6) is -0.497. The number of benzene rings is 3. The first-order valence-corrected chi connectivity index (χ1v) is 13.7. The molecule has 5 rings (SSSR count). The van der Waals surface area contributed by atoms with Crippen molar-refractivity contribution in [3.8, 4) is 16.9 Å². The lowest BCUT2D eigenvalue weighted by Gasteiger charge is -2.27. The maximum Gasteiger partial charge on any atom is 0.339 e. The molecule has 3 N–H and O–H groups in total. The third-order valence-corrected chi connectivity index (χ3v) is 7.93. The normalized spacial score (nSPS) is 18.7. The van der Waals surface area contributed by atoms with E-state index in [1.54, 1.807) is 18.2 Å². The molecule has 0 radical (unpaired) electrons. The summed E-state index contributed by atoms with van der Waals surface area (Å²) in [5.41, 5.74) is 5.74. The number of nitrogens with one attached hydrogen (secondary N) is 1. The molecule has 0 aromatic heterocycles. The Morgan fingerprint density at radius 2 is 1.68 bits per heavy atom. The highest BCUT2D eigenvalue weighted by Crippen LogP contribution is 2.33. The third kappa shape index (κ3) is 6.35. The van der Waals surface area contributed by atoms with Gasteiger partial charge in [-0.05, 0) is 97.0 Å². The first kappa shape index (κ1) is 25.8. The number of aliphatic hydroxyl groups excluding tert-OH is 1. The van der Waals surface area contributed by atoms with Gasteiger partial charge in [-0.25, -0.2) is 4.79 Å². The van der Waals surface area contributed by atoms with Crippen molar-refractivity contribution in [1.82, 2.24) is 5.32 Å². The molecule has 3 aromatic rings. The molecule has 1 saturated carbocycles. The van der Waals surface area contributed by atoms with E-state index in [9.17, 15) is 15.0 Å². The number of carbonyl (C=O) groups is 1. The Bertz CT molecular complexity index is 1240. The van der Waals surface area contributed by atoms with E-state index in [2.05, 4.69) is 23.5 Å². The fraction of sp³-hybridized carbons (Fsp3) is 0.387. The van der Waals surface area contributed by atoms with E-state index in [1.165, 1.54) is 17.5 Å². The first-order chi connectivity index (χ1) is 18.0. The molecule has 0 saturated heterocycles. The van der Waals surface area contributed by atoms with Gasteiger partial charge in [0.1, 0.15) is 11.3 Å². The zero-order chi connectivity index (χ0) is 25.8. The van der Waals surface area contributed by atoms with Crippen LogP contribution in [0.5, 0.6) is 5.75 Å². The van der Waals surface area contributed by atoms with E-state index in [0.717, 1.165) is 61.6 Å². The van der Waals surface area contributed by atoms with Crippen LogP contribution in [-0.4, -0.2) is 34.9 Å². The van der Waals surface area contributed by atoms with Crippen molar-refractivity contribution in [2.24, 2.45) is 0 Å². The molecule has 2 atom stereocenters. The molecule has 0 spiro atoms. The summed E-state index contributed by atoms with van der Waals surface area (Å²) in [6.07, 6.45) is 7.82. The highest BCUT2D eigenvalue weighted by Gasteiger charge is 2.22. The Morgan fingerprint density at radius 1 is 0.946 bits per heavy atom. The van der Waals surface area contributed by atoms with Gasteiger partial charge in [0.2, 0.25) is 0 Å². The van der Waals surface area contributed by atoms with Gasteiger partial charge in [0, 0.05) is 17.6 Å². The number of halogens is 1. The van der Waals surface area contributed by atoms with Crippen LogP contribution in [0.15, 0.2) is 60.7 Å². The van der Waals surface area contributed by atoms with Crippen molar-refractivity contribution in [2.45, 2.75) is 69.6 Å². The lowest BCUT2D eigenvalue weighted by Crippen LogP contribution is -2.37. The molecule has 6 heteroatoms. The van der Waals surface area contributed by atoms with E-state index in [4.69, 9.17) is 16.3 Å². The highest BCUT2D eigenvalue weighted by molar-refractivity contribution is 6.30. The number of carboxylic acids is 1. The van der Waals surface area contributed by atoms with Gasteiger partial charge in [-0.2, -0.15) is 0 Å². The monoisotopic (exact) mass is 519 g/mol. The summed E-state index contributed by atoms with van der Waals surface area (Å²) in [4.78, 5) is 11.8. The number of carboxylic acid groups (broad SMARTS) is 1. The molecule has 3 aromatic carbocycles. The molecule has 0 aliphatic heterocycles. The van der Waals surface area contributed by atoms with Gasteiger partial charge in [-0.1, -0.05) is 54.4 Å². The number of aliphatic hydroxyl groups is 1. The summed E-state index contributed by atoms with van der Waals surface area (Å²) in [6.45, 7) is 0.486. The second kappa shape index (κ2) is 11.7. The smallest absolute Gasteiger partial charge is 0.339 e. The van der Waals surface area contributed by atoms with Gasteiger partial charge in [0.25, 0.3) is 0 Å². The van der Waals surface area contributed by atoms with E-state index < -0.39 is 12.1 Å². The summed E-state index contributed by atoms with van der Waals surface area (Å²) in [5, 5.41) is 24.5. The van der Waals surface area contributed by atoms with E-state index in [1.807, 2.05) is 24.3 Å². The van der Waals surface area contributed by atoms with Crippen molar-refractivity contribution in [3.63, 3.8) is 0 Å². The molecular weight excluding hydrogens is 486 g/mol. The van der Waals surface area contributed by atoms with Crippen LogP contribution in [-0.2, 0) is 12.8 Å². The Labute approximate surface area is 223 Å². The minimum absolute atomic E-state index is 0.0840. The van der Waals surface area contributed by atoms with E-state index in [-0.39, 0.29) is 17.7 Å². The predicted octanol–water partition coefficient (Wildman–Crippen LogP) is 6.60. The first-order valence-electron chi connectivity index (χ1n) is 13.3. The predicted molar refractivity (Wildman–Crippen MR) is 147 cm³/mol. The fourth-order valence-electron chi connectivity index (χ4n) is 5.53.